The summed E-state index contributed by atoms with van der Waals surface area (Å²) in [5.74, 6) is 0.0444. The first-order valence-corrected chi connectivity index (χ1v) is 8.54. The van der Waals surface area contributed by atoms with Gasteiger partial charge in [-0.15, -0.1) is 20.4 Å². The first-order valence-electron chi connectivity index (χ1n) is 6.56. The number of hydrogen-bond acceptors (Lipinski definition) is 7. The van der Waals surface area contributed by atoms with Gasteiger partial charge >= 0.3 is 12.0 Å². The molecule has 0 aromatic heterocycles. The molecule has 0 radical (unpaired) electrons. The average molecular weight is 378 g/mol. The zero-order valence-electron chi connectivity index (χ0n) is 12.1. The van der Waals surface area contributed by atoms with Crippen molar-refractivity contribution in [2.75, 3.05) is 19.1 Å². The third-order valence-electron chi connectivity index (χ3n) is 2.35. The Morgan fingerprint density at radius 2 is 2.13 bits per heavy atom. The lowest BCUT2D eigenvalue weighted by Gasteiger charge is -2.12. The minimum absolute atomic E-state index is 0.0541. The molecule has 10 heteroatoms. The van der Waals surface area contributed by atoms with Crippen molar-refractivity contribution in [3.05, 3.63) is 29.8 Å². The number of halogens is 2. The van der Waals surface area contributed by atoms with Crippen LogP contribution < -0.4 is 4.74 Å². The highest BCUT2D eigenvalue weighted by atomic mass is 35.5. The molecule has 1 heterocycles. The van der Waals surface area contributed by atoms with Gasteiger partial charge in [0.05, 0.1) is 13.2 Å². The number of para-hydroxylation sites is 1. The Balaban J connectivity index is 2.21. The zero-order valence-corrected chi connectivity index (χ0v) is 14.4. The second-order valence-electron chi connectivity index (χ2n) is 3.91. The second-order valence-corrected chi connectivity index (χ2v) is 5.68. The van der Waals surface area contributed by atoms with Crippen LogP contribution in [0.25, 0.3) is 0 Å². The Morgan fingerprint density at radius 3 is 2.87 bits per heavy atom. The SMILES string of the molecule is CCOC(=O)c1ccccc1OC1=NS(OCCCl)=NC(Cl)=N1. The van der Waals surface area contributed by atoms with Gasteiger partial charge in [-0.3, -0.25) is 4.18 Å². The first kappa shape index (κ1) is 17.9. The van der Waals surface area contributed by atoms with E-state index in [1.807, 2.05) is 0 Å². The Kier molecular flexibility index (Phi) is 6.97. The molecule has 1 atom stereocenters. The maximum Gasteiger partial charge on any atom is 0.341 e. The summed E-state index contributed by atoms with van der Waals surface area (Å²) in [4.78, 5) is 15.8. The molecule has 2 rings (SSSR count). The molecule has 0 amide bonds. The van der Waals surface area contributed by atoms with Crippen molar-refractivity contribution in [2.45, 2.75) is 6.92 Å². The number of carbonyl (C=O) groups is 1. The van der Waals surface area contributed by atoms with Crippen LogP contribution in [-0.2, 0) is 20.1 Å². The first-order chi connectivity index (χ1) is 11.1. The van der Waals surface area contributed by atoms with Crippen LogP contribution in [0.15, 0.2) is 38.0 Å². The highest BCUT2D eigenvalue weighted by Gasteiger charge is 2.17. The van der Waals surface area contributed by atoms with E-state index in [-0.39, 0.29) is 35.8 Å². The average Bonchev–Trinajstić information content (AvgIpc) is 2.53. The molecule has 0 saturated carbocycles. The van der Waals surface area contributed by atoms with Crippen LogP contribution in [0.3, 0.4) is 0 Å². The maximum atomic E-state index is 11.9. The quantitative estimate of drug-likeness (QED) is 0.433. The Labute approximate surface area is 145 Å². The summed E-state index contributed by atoms with van der Waals surface area (Å²) in [6.45, 7) is 2.24. The van der Waals surface area contributed by atoms with Crippen LogP contribution in [0.4, 0.5) is 0 Å². The maximum absolute atomic E-state index is 11.9. The van der Waals surface area contributed by atoms with E-state index in [2.05, 4.69) is 13.8 Å². The number of nitrogens with zero attached hydrogens (tertiary/aromatic N) is 3. The fourth-order valence-electron chi connectivity index (χ4n) is 1.50. The fraction of sp³-hybridized carbons (Fsp3) is 0.308. The van der Waals surface area contributed by atoms with Crippen molar-refractivity contribution in [1.82, 2.24) is 0 Å². The number of hydrogen-bond donors (Lipinski definition) is 0. The largest absolute Gasteiger partial charge is 0.462 e. The van der Waals surface area contributed by atoms with E-state index in [4.69, 9.17) is 36.9 Å². The number of esters is 1. The molecular formula is C13H13Cl2N3O4S. The smallest absolute Gasteiger partial charge is 0.341 e. The van der Waals surface area contributed by atoms with E-state index in [1.54, 1.807) is 31.2 Å². The summed E-state index contributed by atoms with van der Waals surface area (Å²) in [5, 5.41) is -0.0541. The Hall–Kier alpha value is -1.48. The van der Waals surface area contributed by atoms with E-state index < -0.39 is 17.1 Å². The van der Waals surface area contributed by atoms with Gasteiger partial charge in [-0.2, -0.15) is 4.99 Å². The van der Waals surface area contributed by atoms with E-state index in [0.717, 1.165) is 0 Å². The molecule has 0 bridgehead atoms. The number of alkyl halides is 1. The van der Waals surface area contributed by atoms with Crippen LogP contribution in [0.2, 0.25) is 0 Å². The summed E-state index contributed by atoms with van der Waals surface area (Å²) in [7, 11) is 0. The third-order valence-corrected chi connectivity index (χ3v) is 3.79. The number of benzene rings is 1. The molecule has 0 spiro atoms. The standard InChI is InChI=1S/C13H13Cl2N3O4S/c1-2-20-11(19)9-5-3-4-6-10(9)22-13-16-12(15)17-23(18-13)21-8-7-14/h3-6H,2,7-8H2,1H3. The van der Waals surface area contributed by atoms with Gasteiger partial charge in [-0.25, -0.2) is 4.79 Å². The van der Waals surface area contributed by atoms with Crippen molar-refractivity contribution in [3.8, 4) is 5.75 Å². The predicted molar refractivity (Wildman–Crippen MR) is 90.2 cm³/mol. The normalized spacial score (nSPS) is 16.9. The van der Waals surface area contributed by atoms with Gasteiger partial charge in [0.2, 0.25) is 5.29 Å². The van der Waals surface area contributed by atoms with Crippen molar-refractivity contribution in [2.24, 2.45) is 13.8 Å². The molecule has 0 saturated heterocycles. The summed E-state index contributed by atoms with van der Waals surface area (Å²) in [6.07, 6.45) is 0. The predicted octanol–water partition coefficient (Wildman–Crippen LogP) is 3.09. The third kappa shape index (κ3) is 5.28. The van der Waals surface area contributed by atoms with Gasteiger partial charge in [0.1, 0.15) is 11.3 Å². The zero-order chi connectivity index (χ0) is 16.7. The Bertz CT molecular complexity index is 679. The number of rotatable bonds is 6. The van der Waals surface area contributed by atoms with Gasteiger partial charge in [0.25, 0.3) is 0 Å². The summed E-state index contributed by atoms with van der Waals surface area (Å²) >= 11 is 10.2. The summed E-state index contributed by atoms with van der Waals surface area (Å²) in [5.41, 5.74) is 0.257. The van der Waals surface area contributed by atoms with E-state index in [1.165, 1.54) is 0 Å². The van der Waals surface area contributed by atoms with Crippen LogP contribution >= 0.6 is 23.2 Å². The monoisotopic (exact) mass is 377 g/mol. The number of carbonyl (C=O) groups excluding carboxylic acids is 1. The molecule has 23 heavy (non-hydrogen) atoms. The molecule has 1 unspecified atom stereocenters. The molecule has 1 aromatic rings. The molecule has 1 aromatic carbocycles. The van der Waals surface area contributed by atoms with Crippen molar-refractivity contribution in [3.63, 3.8) is 0 Å². The molecular weight excluding hydrogens is 365 g/mol. The lowest BCUT2D eigenvalue weighted by molar-refractivity contribution is 0.0524. The number of aliphatic imine (C=N–C) groups is 1. The van der Waals surface area contributed by atoms with Gasteiger partial charge in [-0.1, -0.05) is 12.1 Å². The minimum Gasteiger partial charge on any atom is -0.462 e. The van der Waals surface area contributed by atoms with Gasteiger partial charge in [0.15, 0.2) is 11.2 Å². The number of ether oxygens (including phenoxy) is 2. The summed E-state index contributed by atoms with van der Waals surface area (Å²) < 4.78 is 23.8. The lowest BCUT2D eigenvalue weighted by Crippen LogP contribution is -2.16. The van der Waals surface area contributed by atoms with Crippen molar-refractivity contribution in [1.29, 1.82) is 0 Å². The van der Waals surface area contributed by atoms with E-state index in [0.29, 0.717) is 5.88 Å². The molecule has 0 fully saturated rings. The molecule has 7 nitrogen and oxygen atoms in total. The minimum atomic E-state index is -1.17. The number of amidine groups is 2. The highest BCUT2D eigenvalue weighted by Crippen LogP contribution is 2.21. The van der Waals surface area contributed by atoms with Gasteiger partial charge in [0, 0.05) is 5.88 Å². The molecule has 0 N–H and O–H groups in total. The molecule has 1 aliphatic heterocycles. The van der Waals surface area contributed by atoms with Crippen LogP contribution in [0.1, 0.15) is 17.3 Å². The molecule has 0 aliphatic carbocycles. The highest BCUT2D eigenvalue weighted by molar-refractivity contribution is 7.81. The second kappa shape index (κ2) is 8.97. The topological polar surface area (TPSA) is 81.8 Å². The van der Waals surface area contributed by atoms with Crippen molar-refractivity contribution >= 4 is 51.6 Å². The van der Waals surface area contributed by atoms with Crippen LogP contribution in [0.5, 0.6) is 5.75 Å². The molecule has 124 valence electrons. The van der Waals surface area contributed by atoms with E-state index in [9.17, 15) is 4.79 Å². The van der Waals surface area contributed by atoms with Crippen LogP contribution in [0, 0.1) is 0 Å². The van der Waals surface area contributed by atoms with Gasteiger partial charge in [-0.05, 0) is 30.7 Å². The van der Waals surface area contributed by atoms with Crippen LogP contribution in [-0.4, -0.2) is 36.4 Å². The summed E-state index contributed by atoms with van der Waals surface area (Å²) in [6, 6.07) is 6.53. The fourth-order valence-corrected chi connectivity index (χ4v) is 2.68. The Morgan fingerprint density at radius 1 is 1.35 bits per heavy atom. The lowest BCUT2D eigenvalue weighted by atomic mass is 10.2. The van der Waals surface area contributed by atoms with Gasteiger partial charge < -0.3 is 9.47 Å². The molecule has 1 aliphatic rings. The van der Waals surface area contributed by atoms with E-state index >= 15 is 0 Å². The van der Waals surface area contributed by atoms with Crippen molar-refractivity contribution < 1.29 is 18.5 Å².